The van der Waals surface area contributed by atoms with Crippen molar-refractivity contribution in [2.45, 2.75) is 24.1 Å². The second-order valence-corrected chi connectivity index (χ2v) is 8.11. The Kier molecular flexibility index (Phi) is 5.36. The quantitative estimate of drug-likeness (QED) is 0.265. The molecule has 0 unspecified atom stereocenters. The number of rotatable bonds is 5. The van der Waals surface area contributed by atoms with Crippen molar-refractivity contribution in [1.82, 2.24) is 14.5 Å². The third kappa shape index (κ3) is 3.76. The summed E-state index contributed by atoms with van der Waals surface area (Å²) in [6.07, 6.45) is 3.64. The molecular weight excluding hydrogens is 382 g/mol. The molecule has 4 aromatic rings. The number of carbonyl (C=O) groups excluding carboxylic acids is 1. The number of aromatic nitrogens is 3. The normalized spacial score (nSPS) is 12.1. The minimum absolute atomic E-state index is 0.277. The Bertz CT molecular complexity index is 1170. The van der Waals surface area contributed by atoms with Crippen LogP contribution in [0.4, 0.5) is 0 Å². The lowest BCUT2D eigenvalue weighted by Gasteiger charge is -2.10. The van der Waals surface area contributed by atoms with Crippen LogP contribution in [0, 0.1) is 6.92 Å². The third-order valence-electron chi connectivity index (χ3n) is 4.73. The van der Waals surface area contributed by atoms with Gasteiger partial charge in [0.15, 0.2) is 0 Å². The van der Waals surface area contributed by atoms with Crippen molar-refractivity contribution in [3.05, 3.63) is 72.7 Å². The van der Waals surface area contributed by atoms with Crippen LogP contribution in [0.1, 0.15) is 12.5 Å². The topological polar surface area (TPSA) is 57.0 Å². The Balaban J connectivity index is 1.95. The fourth-order valence-corrected chi connectivity index (χ4v) is 4.27. The summed E-state index contributed by atoms with van der Waals surface area (Å²) in [6, 6.07) is 18.5. The molecule has 2 aromatic heterocycles. The Morgan fingerprint density at radius 3 is 2.62 bits per heavy atom. The largest absolute Gasteiger partial charge is 0.468 e. The first-order valence-corrected chi connectivity index (χ1v) is 10.2. The van der Waals surface area contributed by atoms with Gasteiger partial charge in [-0.3, -0.25) is 4.79 Å². The Morgan fingerprint density at radius 1 is 1.10 bits per heavy atom. The molecule has 0 amide bonds. The zero-order valence-electron chi connectivity index (χ0n) is 16.5. The van der Waals surface area contributed by atoms with Crippen molar-refractivity contribution in [2.24, 2.45) is 0 Å². The Morgan fingerprint density at radius 2 is 1.90 bits per heavy atom. The van der Waals surface area contributed by atoms with E-state index in [1.54, 1.807) is 6.33 Å². The van der Waals surface area contributed by atoms with E-state index in [2.05, 4.69) is 58.0 Å². The van der Waals surface area contributed by atoms with Gasteiger partial charge in [-0.25, -0.2) is 9.97 Å². The molecule has 146 valence electrons. The molecular formula is C23H21N3O2S. The summed E-state index contributed by atoms with van der Waals surface area (Å²) in [4.78, 5) is 21.1. The summed E-state index contributed by atoms with van der Waals surface area (Å²) in [7, 11) is 1.40. The molecule has 0 aliphatic carbocycles. The predicted molar refractivity (Wildman–Crippen MR) is 116 cm³/mol. The van der Waals surface area contributed by atoms with Gasteiger partial charge < -0.3 is 9.30 Å². The molecule has 0 aliphatic heterocycles. The summed E-state index contributed by atoms with van der Waals surface area (Å²) in [5.74, 6) is -0.277. The van der Waals surface area contributed by atoms with E-state index in [-0.39, 0.29) is 11.2 Å². The van der Waals surface area contributed by atoms with Crippen molar-refractivity contribution in [3.63, 3.8) is 0 Å². The van der Waals surface area contributed by atoms with Crippen molar-refractivity contribution in [3.8, 4) is 16.8 Å². The van der Waals surface area contributed by atoms with Crippen LogP contribution in [0.15, 0.2) is 72.1 Å². The minimum atomic E-state index is -0.371. The van der Waals surface area contributed by atoms with Gasteiger partial charge in [0.1, 0.15) is 22.3 Å². The van der Waals surface area contributed by atoms with E-state index in [1.807, 2.05) is 31.2 Å². The number of ether oxygens (including phenoxy) is 1. The summed E-state index contributed by atoms with van der Waals surface area (Å²) < 4.78 is 6.97. The molecule has 2 heterocycles. The second-order valence-electron chi connectivity index (χ2n) is 6.78. The van der Waals surface area contributed by atoms with E-state index in [1.165, 1.54) is 24.4 Å². The molecule has 6 heteroatoms. The maximum atomic E-state index is 12.0. The number of nitrogens with zero attached hydrogens (tertiary/aromatic N) is 3. The highest BCUT2D eigenvalue weighted by Gasteiger charge is 2.22. The maximum Gasteiger partial charge on any atom is 0.318 e. The van der Waals surface area contributed by atoms with Crippen LogP contribution in [0.2, 0.25) is 0 Å². The highest BCUT2D eigenvalue weighted by atomic mass is 32.2. The van der Waals surface area contributed by atoms with Crippen LogP contribution in [0.25, 0.3) is 27.8 Å². The summed E-state index contributed by atoms with van der Waals surface area (Å²) in [6.45, 7) is 3.89. The van der Waals surface area contributed by atoms with Crippen molar-refractivity contribution < 1.29 is 9.53 Å². The molecule has 0 fully saturated rings. The van der Waals surface area contributed by atoms with Gasteiger partial charge in [0.05, 0.1) is 12.5 Å². The van der Waals surface area contributed by atoms with Crippen LogP contribution in [-0.4, -0.2) is 32.9 Å². The average molecular weight is 404 g/mol. The van der Waals surface area contributed by atoms with Gasteiger partial charge in [-0.05, 0) is 37.1 Å². The minimum Gasteiger partial charge on any atom is -0.468 e. The molecule has 5 nitrogen and oxygen atoms in total. The zero-order chi connectivity index (χ0) is 20.4. The third-order valence-corrected chi connectivity index (χ3v) is 5.81. The first-order chi connectivity index (χ1) is 14.1. The van der Waals surface area contributed by atoms with E-state index in [9.17, 15) is 4.79 Å². The number of benzene rings is 2. The van der Waals surface area contributed by atoms with Crippen LogP contribution in [0.5, 0.6) is 0 Å². The van der Waals surface area contributed by atoms with Crippen molar-refractivity contribution in [2.75, 3.05) is 7.11 Å². The van der Waals surface area contributed by atoms with E-state index < -0.39 is 0 Å². The number of aryl methyl sites for hydroxylation is 1. The van der Waals surface area contributed by atoms with E-state index in [0.717, 1.165) is 32.9 Å². The molecule has 0 spiro atoms. The number of thioether (sulfide) groups is 1. The van der Waals surface area contributed by atoms with Crippen molar-refractivity contribution in [1.29, 1.82) is 0 Å². The monoisotopic (exact) mass is 403 g/mol. The molecule has 0 saturated carbocycles. The van der Waals surface area contributed by atoms with Gasteiger partial charge in [-0.2, -0.15) is 0 Å². The predicted octanol–water partition coefficient (Wildman–Crippen LogP) is 5.05. The summed E-state index contributed by atoms with van der Waals surface area (Å²) in [5.41, 5.74) is 5.12. The number of fused-ring (bicyclic) bond motifs is 1. The molecule has 2 aromatic carbocycles. The average Bonchev–Trinajstić information content (AvgIpc) is 3.14. The number of hydrogen-bond acceptors (Lipinski definition) is 5. The lowest BCUT2D eigenvalue weighted by molar-refractivity contribution is -0.139. The molecule has 4 rings (SSSR count). The van der Waals surface area contributed by atoms with Crippen molar-refractivity contribution >= 4 is 28.8 Å². The van der Waals surface area contributed by atoms with Gasteiger partial charge in [-0.15, -0.1) is 0 Å². The molecule has 0 radical (unpaired) electrons. The SMILES string of the molecule is COC(=O)[C@H](C)Sc1ncnc2c1c(-c1ccccc1)cn2-c1cccc(C)c1. The fourth-order valence-electron chi connectivity index (χ4n) is 3.32. The van der Waals surface area contributed by atoms with Crippen LogP contribution in [-0.2, 0) is 9.53 Å². The summed E-state index contributed by atoms with van der Waals surface area (Å²) in [5, 5.41) is 1.32. The zero-order valence-corrected chi connectivity index (χ0v) is 17.3. The number of hydrogen-bond donors (Lipinski definition) is 0. The van der Waals surface area contributed by atoms with Gasteiger partial charge >= 0.3 is 5.97 Å². The molecule has 1 atom stereocenters. The molecule has 0 bridgehead atoms. The fraction of sp³-hybridized carbons (Fsp3) is 0.174. The highest BCUT2D eigenvalue weighted by molar-refractivity contribution is 8.00. The Labute approximate surface area is 173 Å². The first-order valence-electron chi connectivity index (χ1n) is 9.31. The van der Waals surface area contributed by atoms with E-state index in [0.29, 0.717) is 0 Å². The smallest absolute Gasteiger partial charge is 0.318 e. The highest BCUT2D eigenvalue weighted by Crippen LogP contribution is 2.38. The van der Waals surface area contributed by atoms with Gasteiger partial charge in [-0.1, -0.05) is 54.2 Å². The standard InChI is InChI=1S/C23H21N3O2S/c1-15-8-7-11-18(12-15)26-13-19(17-9-5-4-6-10-17)20-21(26)24-14-25-22(20)29-16(2)23(27)28-3/h4-14,16H,1-3H3/t16-/m0/s1. The number of carbonyl (C=O) groups is 1. The lowest BCUT2D eigenvalue weighted by atomic mass is 10.1. The number of esters is 1. The van der Waals surface area contributed by atoms with Crippen LogP contribution < -0.4 is 0 Å². The lowest BCUT2D eigenvalue weighted by Crippen LogP contribution is -2.14. The number of methoxy groups -OCH3 is 1. The van der Waals surface area contributed by atoms with Gasteiger partial charge in [0.2, 0.25) is 0 Å². The van der Waals surface area contributed by atoms with Crippen LogP contribution in [0.3, 0.4) is 0 Å². The summed E-state index contributed by atoms with van der Waals surface area (Å²) >= 11 is 1.39. The Hall–Kier alpha value is -3.12. The van der Waals surface area contributed by atoms with E-state index in [4.69, 9.17) is 4.74 Å². The van der Waals surface area contributed by atoms with E-state index >= 15 is 0 Å². The van der Waals surface area contributed by atoms with Gasteiger partial charge in [0.25, 0.3) is 0 Å². The molecule has 0 N–H and O–H groups in total. The van der Waals surface area contributed by atoms with Crippen LogP contribution >= 0.6 is 11.8 Å². The second kappa shape index (κ2) is 8.09. The molecule has 0 aliphatic rings. The maximum absolute atomic E-state index is 12.0. The molecule has 0 saturated heterocycles. The first kappa shape index (κ1) is 19.2. The van der Waals surface area contributed by atoms with Gasteiger partial charge in [0, 0.05) is 17.4 Å². The molecule has 29 heavy (non-hydrogen) atoms.